The zero-order chi connectivity index (χ0) is 17.0. The van der Waals surface area contributed by atoms with Crippen LogP contribution in [0.3, 0.4) is 0 Å². The van der Waals surface area contributed by atoms with Crippen molar-refractivity contribution in [1.29, 1.82) is 0 Å². The van der Waals surface area contributed by atoms with E-state index in [4.69, 9.17) is 16.3 Å². The van der Waals surface area contributed by atoms with Crippen LogP contribution in [0.25, 0.3) is 0 Å². The van der Waals surface area contributed by atoms with Crippen LogP contribution in [-0.2, 0) is 34.2 Å². The molecule has 4 nitrogen and oxygen atoms in total. The third-order valence-corrected chi connectivity index (χ3v) is 5.74. The summed E-state index contributed by atoms with van der Waals surface area (Å²) in [5.74, 6) is 0.0535. The number of sulfonamides is 1. The van der Waals surface area contributed by atoms with Crippen molar-refractivity contribution in [3.63, 3.8) is 0 Å². The van der Waals surface area contributed by atoms with E-state index in [1.807, 2.05) is 30.3 Å². The van der Waals surface area contributed by atoms with Crippen molar-refractivity contribution in [3.05, 3.63) is 70.2 Å². The zero-order valence-corrected chi connectivity index (χ0v) is 14.8. The third-order valence-electron chi connectivity index (χ3n) is 4.14. The smallest absolute Gasteiger partial charge is 0.212 e. The van der Waals surface area contributed by atoms with E-state index < -0.39 is 10.0 Å². The van der Waals surface area contributed by atoms with E-state index in [0.29, 0.717) is 24.6 Å². The molecule has 0 saturated heterocycles. The lowest BCUT2D eigenvalue weighted by molar-refractivity contribution is 0.0322. The van der Waals surface area contributed by atoms with Gasteiger partial charge in [0, 0.05) is 18.0 Å². The van der Waals surface area contributed by atoms with Gasteiger partial charge in [0.05, 0.1) is 18.5 Å². The van der Waals surface area contributed by atoms with Gasteiger partial charge in [-0.05, 0) is 35.2 Å². The molecule has 1 aliphatic rings. The molecule has 24 heavy (non-hydrogen) atoms. The van der Waals surface area contributed by atoms with Gasteiger partial charge in [0.1, 0.15) is 0 Å². The van der Waals surface area contributed by atoms with Crippen molar-refractivity contribution >= 4 is 21.6 Å². The molecule has 2 aromatic rings. The second kappa shape index (κ2) is 7.66. The number of hydrogen-bond acceptors (Lipinski definition) is 3. The summed E-state index contributed by atoms with van der Waals surface area (Å²) >= 11 is 5.83. The quantitative estimate of drug-likeness (QED) is 0.856. The number of fused-ring (bicyclic) bond motifs is 1. The van der Waals surface area contributed by atoms with Crippen molar-refractivity contribution < 1.29 is 13.2 Å². The van der Waals surface area contributed by atoms with Crippen LogP contribution in [-0.4, -0.2) is 26.8 Å². The van der Waals surface area contributed by atoms with E-state index in [1.165, 1.54) is 11.1 Å². The molecule has 128 valence electrons. The molecule has 0 spiro atoms. The van der Waals surface area contributed by atoms with Gasteiger partial charge >= 0.3 is 0 Å². The van der Waals surface area contributed by atoms with Crippen LogP contribution in [0.4, 0.5) is 0 Å². The monoisotopic (exact) mass is 365 g/mol. The number of ether oxygens (including phenoxy) is 1. The highest BCUT2D eigenvalue weighted by Gasteiger charge is 2.20. The molecule has 1 atom stereocenters. The number of rotatable bonds is 6. The van der Waals surface area contributed by atoms with E-state index in [2.05, 4.69) is 10.8 Å². The van der Waals surface area contributed by atoms with Gasteiger partial charge in [-0.3, -0.25) is 0 Å². The Kier molecular flexibility index (Phi) is 5.56. The Hall–Kier alpha value is -1.40. The number of benzene rings is 2. The van der Waals surface area contributed by atoms with E-state index in [9.17, 15) is 8.42 Å². The molecular formula is C18H20ClNO3S. The Morgan fingerprint density at radius 3 is 2.54 bits per heavy atom. The van der Waals surface area contributed by atoms with Gasteiger partial charge in [-0.25, -0.2) is 13.1 Å². The van der Waals surface area contributed by atoms with Crippen LogP contribution in [0, 0.1) is 0 Å². The molecule has 0 radical (unpaired) electrons. The van der Waals surface area contributed by atoms with Gasteiger partial charge < -0.3 is 4.74 Å². The van der Waals surface area contributed by atoms with E-state index >= 15 is 0 Å². The molecular weight excluding hydrogens is 346 g/mol. The Labute approximate surface area is 147 Å². The predicted octanol–water partition coefficient (Wildman–Crippen LogP) is 2.94. The van der Waals surface area contributed by atoms with Gasteiger partial charge in [0.15, 0.2) is 0 Å². The number of hydrogen-bond donors (Lipinski definition) is 1. The summed E-state index contributed by atoms with van der Waals surface area (Å²) in [6, 6.07) is 15.3. The van der Waals surface area contributed by atoms with Crippen molar-refractivity contribution in [2.24, 2.45) is 0 Å². The summed E-state index contributed by atoms with van der Waals surface area (Å²) in [7, 11) is -3.33. The molecule has 0 fully saturated rings. The van der Waals surface area contributed by atoms with Crippen LogP contribution in [0.5, 0.6) is 0 Å². The highest BCUT2D eigenvalue weighted by Crippen LogP contribution is 2.20. The van der Waals surface area contributed by atoms with E-state index in [0.717, 1.165) is 12.0 Å². The summed E-state index contributed by atoms with van der Waals surface area (Å²) in [5.41, 5.74) is 3.36. The minimum absolute atomic E-state index is 0.0535. The van der Waals surface area contributed by atoms with Crippen molar-refractivity contribution in [2.75, 3.05) is 12.3 Å². The first kappa shape index (κ1) is 17.4. The molecule has 1 N–H and O–H groups in total. The second-order valence-corrected chi connectivity index (χ2v) is 8.31. The average molecular weight is 366 g/mol. The molecule has 0 unspecified atom stereocenters. The average Bonchev–Trinajstić information content (AvgIpc) is 2.59. The lowest BCUT2D eigenvalue weighted by Gasteiger charge is -2.25. The maximum atomic E-state index is 12.2. The largest absolute Gasteiger partial charge is 0.372 e. The molecule has 1 heterocycles. The fraction of sp³-hybridized carbons (Fsp3) is 0.333. The summed E-state index contributed by atoms with van der Waals surface area (Å²) in [5, 5.41) is 0.648. The molecule has 2 aromatic carbocycles. The van der Waals surface area contributed by atoms with Crippen LogP contribution in [0.15, 0.2) is 48.5 Å². The second-order valence-electron chi connectivity index (χ2n) is 5.95. The lowest BCUT2D eigenvalue weighted by atomic mass is 9.99. The first-order valence-corrected chi connectivity index (χ1v) is 9.95. The molecule has 1 aliphatic heterocycles. The normalized spacial score (nSPS) is 17.5. The van der Waals surface area contributed by atoms with Crippen LogP contribution in [0.2, 0.25) is 5.02 Å². The van der Waals surface area contributed by atoms with Gasteiger partial charge in [-0.2, -0.15) is 0 Å². The Morgan fingerprint density at radius 1 is 1.08 bits per heavy atom. The van der Waals surface area contributed by atoms with Gasteiger partial charge in [-0.1, -0.05) is 48.0 Å². The van der Waals surface area contributed by atoms with Crippen LogP contribution in [0.1, 0.15) is 16.7 Å². The standard InChI is InChI=1S/C18H20ClNO3S/c19-17-7-5-14(6-8-17)9-10-24(21,22)20-12-18-11-15-3-1-2-4-16(15)13-23-18/h1-8,18,20H,9-13H2/t18-/m0/s1. The van der Waals surface area contributed by atoms with Crippen LogP contribution < -0.4 is 4.72 Å². The van der Waals surface area contributed by atoms with Crippen molar-refractivity contribution in [3.8, 4) is 0 Å². The van der Waals surface area contributed by atoms with Crippen molar-refractivity contribution in [2.45, 2.75) is 25.6 Å². The highest BCUT2D eigenvalue weighted by atomic mass is 35.5. The first-order chi connectivity index (χ1) is 11.5. The summed E-state index contributed by atoms with van der Waals surface area (Å²) in [6.45, 7) is 0.838. The molecule has 0 saturated carbocycles. The Bertz CT molecular complexity index is 790. The zero-order valence-electron chi connectivity index (χ0n) is 13.2. The summed E-state index contributed by atoms with van der Waals surface area (Å²) in [6.07, 6.45) is 1.07. The molecule has 0 amide bonds. The third kappa shape index (κ3) is 4.80. The molecule has 0 bridgehead atoms. The van der Waals surface area contributed by atoms with Crippen LogP contribution >= 0.6 is 11.6 Å². The predicted molar refractivity (Wildman–Crippen MR) is 95.7 cm³/mol. The van der Waals surface area contributed by atoms with Gasteiger partial charge in [0.25, 0.3) is 0 Å². The first-order valence-electron chi connectivity index (χ1n) is 7.92. The molecule has 3 rings (SSSR count). The van der Waals surface area contributed by atoms with Gasteiger partial charge in [0.2, 0.25) is 10.0 Å². The number of aryl methyl sites for hydroxylation is 1. The lowest BCUT2D eigenvalue weighted by Crippen LogP contribution is -2.38. The Morgan fingerprint density at radius 2 is 1.79 bits per heavy atom. The highest BCUT2D eigenvalue weighted by molar-refractivity contribution is 7.89. The van der Waals surface area contributed by atoms with E-state index in [1.54, 1.807) is 12.1 Å². The maximum absolute atomic E-state index is 12.2. The Balaban J connectivity index is 1.49. The summed E-state index contributed by atoms with van der Waals surface area (Å²) < 4.78 is 32.7. The fourth-order valence-electron chi connectivity index (χ4n) is 2.74. The van der Waals surface area contributed by atoms with Gasteiger partial charge in [-0.15, -0.1) is 0 Å². The SMILES string of the molecule is O=S(=O)(CCc1ccc(Cl)cc1)NC[C@@H]1Cc2ccccc2CO1. The topological polar surface area (TPSA) is 55.4 Å². The number of nitrogens with one attached hydrogen (secondary N) is 1. The molecule has 0 aromatic heterocycles. The molecule has 0 aliphatic carbocycles. The number of halogens is 1. The van der Waals surface area contributed by atoms with Crippen molar-refractivity contribution in [1.82, 2.24) is 4.72 Å². The minimum Gasteiger partial charge on any atom is -0.372 e. The summed E-state index contributed by atoms with van der Waals surface area (Å²) in [4.78, 5) is 0. The maximum Gasteiger partial charge on any atom is 0.212 e. The van der Waals surface area contributed by atoms with E-state index in [-0.39, 0.29) is 11.9 Å². The minimum atomic E-state index is -3.33. The molecule has 6 heteroatoms. The fourth-order valence-corrected chi connectivity index (χ4v) is 3.95.